The highest BCUT2D eigenvalue weighted by molar-refractivity contribution is 5.94. The molecule has 0 atom stereocenters. The Morgan fingerprint density at radius 3 is 2.31 bits per heavy atom. The second-order valence-electron chi connectivity index (χ2n) is 6.65. The van der Waals surface area contributed by atoms with Gasteiger partial charge in [0.1, 0.15) is 5.75 Å². The van der Waals surface area contributed by atoms with E-state index in [0.717, 1.165) is 38.0 Å². The standard InChI is InChI=1S/C22H30N2O2/c1-4-5-17-26-21-14-10-19(11-15-21)22(25)23-16-6-7-18-8-12-20(13-9-18)24(2)3/h8-15H,4-7,16-17H2,1-3H3,(H,23,25). The van der Waals surface area contributed by atoms with Gasteiger partial charge in [0, 0.05) is 31.9 Å². The van der Waals surface area contributed by atoms with Crippen molar-refractivity contribution in [3.8, 4) is 5.75 Å². The van der Waals surface area contributed by atoms with E-state index in [1.54, 1.807) is 0 Å². The molecule has 0 unspecified atom stereocenters. The number of amides is 1. The van der Waals surface area contributed by atoms with Crippen LogP contribution >= 0.6 is 0 Å². The van der Waals surface area contributed by atoms with Gasteiger partial charge in [0.25, 0.3) is 5.91 Å². The van der Waals surface area contributed by atoms with Crippen LogP contribution in [0.25, 0.3) is 0 Å². The molecule has 0 saturated carbocycles. The molecule has 1 amide bonds. The largest absolute Gasteiger partial charge is 0.494 e. The smallest absolute Gasteiger partial charge is 0.251 e. The van der Waals surface area contributed by atoms with Crippen molar-refractivity contribution >= 4 is 11.6 Å². The molecule has 0 spiro atoms. The van der Waals surface area contributed by atoms with Crippen molar-refractivity contribution in [2.24, 2.45) is 0 Å². The van der Waals surface area contributed by atoms with Gasteiger partial charge in [-0.05, 0) is 61.2 Å². The number of unbranched alkanes of at least 4 members (excludes halogenated alkanes) is 1. The molecule has 0 aromatic heterocycles. The summed E-state index contributed by atoms with van der Waals surface area (Å²) in [6, 6.07) is 15.9. The van der Waals surface area contributed by atoms with Crippen molar-refractivity contribution in [1.82, 2.24) is 5.32 Å². The maximum atomic E-state index is 12.2. The molecule has 4 heteroatoms. The Bertz CT molecular complexity index is 664. The minimum Gasteiger partial charge on any atom is -0.494 e. The predicted molar refractivity (Wildman–Crippen MR) is 108 cm³/mol. The van der Waals surface area contributed by atoms with Gasteiger partial charge in [0.2, 0.25) is 0 Å². The van der Waals surface area contributed by atoms with Gasteiger partial charge in [-0.1, -0.05) is 25.5 Å². The molecule has 2 aromatic carbocycles. The highest BCUT2D eigenvalue weighted by Crippen LogP contribution is 2.14. The first-order valence-electron chi connectivity index (χ1n) is 9.37. The van der Waals surface area contributed by atoms with E-state index in [9.17, 15) is 4.79 Å². The highest BCUT2D eigenvalue weighted by Gasteiger charge is 2.05. The lowest BCUT2D eigenvalue weighted by Gasteiger charge is -2.12. The van der Waals surface area contributed by atoms with Crippen molar-refractivity contribution in [3.05, 3.63) is 59.7 Å². The summed E-state index contributed by atoms with van der Waals surface area (Å²) in [5.74, 6) is 0.782. The number of carbonyl (C=O) groups excluding carboxylic acids is 1. The number of ether oxygens (including phenoxy) is 1. The minimum absolute atomic E-state index is 0.0342. The zero-order chi connectivity index (χ0) is 18.8. The topological polar surface area (TPSA) is 41.6 Å². The van der Waals surface area contributed by atoms with Crippen LogP contribution in [0.5, 0.6) is 5.75 Å². The number of carbonyl (C=O) groups is 1. The van der Waals surface area contributed by atoms with Crippen molar-refractivity contribution in [3.63, 3.8) is 0 Å². The quantitative estimate of drug-likeness (QED) is 0.647. The summed E-state index contributed by atoms with van der Waals surface area (Å²) < 4.78 is 5.62. The Kier molecular flexibility index (Phi) is 8.00. The average molecular weight is 354 g/mol. The molecule has 1 N–H and O–H groups in total. The maximum absolute atomic E-state index is 12.2. The van der Waals surface area contributed by atoms with Crippen LogP contribution in [-0.2, 0) is 6.42 Å². The summed E-state index contributed by atoms with van der Waals surface area (Å²) in [7, 11) is 4.07. The van der Waals surface area contributed by atoms with Crippen LogP contribution in [0.1, 0.15) is 42.1 Å². The molecule has 2 rings (SSSR count). The van der Waals surface area contributed by atoms with Gasteiger partial charge >= 0.3 is 0 Å². The fourth-order valence-corrected chi connectivity index (χ4v) is 2.59. The van der Waals surface area contributed by atoms with Gasteiger partial charge < -0.3 is 15.0 Å². The Labute approximate surface area is 157 Å². The number of hydrogen-bond donors (Lipinski definition) is 1. The molecule has 0 radical (unpaired) electrons. The summed E-state index contributed by atoms with van der Waals surface area (Å²) in [5, 5.41) is 2.98. The summed E-state index contributed by atoms with van der Waals surface area (Å²) in [6.07, 6.45) is 4.03. The molecule has 0 fully saturated rings. The number of aryl methyl sites for hydroxylation is 1. The molecule has 0 bridgehead atoms. The third kappa shape index (κ3) is 6.43. The van der Waals surface area contributed by atoms with Crippen molar-refractivity contribution in [2.45, 2.75) is 32.6 Å². The Morgan fingerprint density at radius 2 is 1.69 bits per heavy atom. The second-order valence-corrected chi connectivity index (χ2v) is 6.65. The monoisotopic (exact) mass is 354 g/mol. The van der Waals surface area contributed by atoms with E-state index in [2.05, 4.69) is 41.4 Å². The van der Waals surface area contributed by atoms with Gasteiger partial charge in [0.05, 0.1) is 6.61 Å². The summed E-state index contributed by atoms with van der Waals surface area (Å²) >= 11 is 0. The van der Waals surface area contributed by atoms with Crippen LogP contribution in [0, 0.1) is 0 Å². The number of benzene rings is 2. The summed E-state index contributed by atoms with van der Waals surface area (Å²) in [5.41, 5.74) is 3.16. The van der Waals surface area contributed by atoms with E-state index in [-0.39, 0.29) is 5.91 Å². The lowest BCUT2D eigenvalue weighted by atomic mass is 10.1. The molecule has 0 saturated heterocycles. The minimum atomic E-state index is -0.0342. The Hall–Kier alpha value is -2.49. The fourth-order valence-electron chi connectivity index (χ4n) is 2.59. The predicted octanol–water partition coefficient (Wildman–Crippen LogP) is 4.29. The van der Waals surface area contributed by atoms with Crippen molar-refractivity contribution in [1.29, 1.82) is 0 Å². The van der Waals surface area contributed by atoms with Crippen LogP contribution < -0.4 is 15.0 Å². The molecular formula is C22H30N2O2. The Morgan fingerprint density at radius 1 is 1.00 bits per heavy atom. The number of nitrogens with one attached hydrogen (secondary N) is 1. The SMILES string of the molecule is CCCCOc1ccc(C(=O)NCCCc2ccc(N(C)C)cc2)cc1. The molecule has 0 aliphatic carbocycles. The van der Waals surface area contributed by atoms with E-state index in [4.69, 9.17) is 4.74 Å². The molecular weight excluding hydrogens is 324 g/mol. The van der Waals surface area contributed by atoms with E-state index in [1.807, 2.05) is 38.4 Å². The van der Waals surface area contributed by atoms with Crippen molar-refractivity contribution < 1.29 is 9.53 Å². The lowest BCUT2D eigenvalue weighted by Crippen LogP contribution is -2.24. The van der Waals surface area contributed by atoms with E-state index in [0.29, 0.717) is 12.1 Å². The number of hydrogen-bond acceptors (Lipinski definition) is 3. The lowest BCUT2D eigenvalue weighted by molar-refractivity contribution is 0.0953. The highest BCUT2D eigenvalue weighted by atomic mass is 16.5. The Balaban J connectivity index is 1.71. The number of nitrogens with zero attached hydrogens (tertiary/aromatic N) is 1. The van der Waals surface area contributed by atoms with Crippen molar-refractivity contribution in [2.75, 3.05) is 32.1 Å². The van der Waals surface area contributed by atoms with Gasteiger partial charge in [-0.3, -0.25) is 4.79 Å². The molecule has 140 valence electrons. The van der Waals surface area contributed by atoms with Crippen LogP contribution in [0.15, 0.2) is 48.5 Å². The number of anilines is 1. The molecule has 4 nitrogen and oxygen atoms in total. The van der Waals surface area contributed by atoms with Crippen LogP contribution in [0.3, 0.4) is 0 Å². The van der Waals surface area contributed by atoms with E-state index < -0.39 is 0 Å². The van der Waals surface area contributed by atoms with Gasteiger partial charge in [-0.25, -0.2) is 0 Å². The third-order valence-corrected chi connectivity index (χ3v) is 4.26. The number of rotatable bonds is 10. The summed E-state index contributed by atoms with van der Waals surface area (Å²) in [4.78, 5) is 14.3. The van der Waals surface area contributed by atoms with Crippen LogP contribution in [-0.4, -0.2) is 33.2 Å². The molecule has 0 aliphatic heterocycles. The third-order valence-electron chi connectivity index (χ3n) is 4.26. The van der Waals surface area contributed by atoms with E-state index >= 15 is 0 Å². The molecule has 0 heterocycles. The van der Waals surface area contributed by atoms with Crippen LogP contribution in [0.4, 0.5) is 5.69 Å². The first kappa shape index (κ1) is 19.8. The zero-order valence-corrected chi connectivity index (χ0v) is 16.1. The van der Waals surface area contributed by atoms with E-state index in [1.165, 1.54) is 11.3 Å². The van der Waals surface area contributed by atoms with Gasteiger partial charge in [-0.2, -0.15) is 0 Å². The first-order chi connectivity index (χ1) is 12.6. The van der Waals surface area contributed by atoms with Crippen LogP contribution in [0.2, 0.25) is 0 Å². The second kappa shape index (κ2) is 10.5. The summed E-state index contributed by atoms with van der Waals surface area (Å²) in [6.45, 7) is 3.52. The molecule has 0 aliphatic rings. The fraction of sp³-hybridized carbons (Fsp3) is 0.409. The first-order valence-corrected chi connectivity index (χ1v) is 9.37. The average Bonchev–Trinajstić information content (AvgIpc) is 2.66. The zero-order valence-electron chi connectivity index (χ0n) is 16.1. The molecule has 2 aromatic rings. The maximum Gasteiger partial charge on any atom is 0.251 e. The normalized spacial score (nSPS) is 10.4. The van der Waals surface area contributed by atoms with Gasteiger partial charge in [-0.15, -0.1) is 0 Å². The van der Waals surface area contributed by atoms with Gasteiger partial charge in [0.15, 0.2) is 0 Å². The molecule has 26 heavy (non-hydrogen) atoms.